The van der Waals surface area contributed by atoms with Crippen molar-refractivity contribution in [3.8, 4) is 0 Å². The maximum atomic E-state index is 6.59. The number of fused-ring (bicyclic) bond motifs is 1. The van der Waals surface area contributed by atoms with Gasteiger partial charge in [0.05, 0.1) is 17.6 Å². The molecule has 0 aromatic carbocycles. The summed E-state index contributed by atoms with van der Waals surface area (Å²) >= 11 is 6.59. The second kappa shape index (κ2) is 9.65. The number of hydrogen-bond acceptors (Lipinski definition) is 8. The first-order valence-electron chi connectivity index (χ1n) is 11.9. The summed E-state index contributed by atoms with van der Waals surface area (Å²) in [5, 5.41) is 12.5. The second-order valence-electron chi connectivity index (χ2n) is 9.17. The third-order valence-corrected chi connectivity index (χ3v) is 6.99. The molecule has 2 atom stereocenters. The molecule has 1 N–H and O–H groups in total. The van der Waals surface area contributed by atoms with Gasteiger partial charge in [-0.15, -0.1) is 5.10 Å². The summed E-state index contributed by atoms with van der Waals surface area (Å²) in [6.45, 7) is 7.99. The molecule has 0 amide bonds. The van der Waals surface area contributed by atoms with Gasteiger partial charge in [0.25, 0.3) is 0 Å². The Morgan fingerprint density at radius 1 is 1.14 bits per heavy atom. The van der Waals surface area contributed by atoms with Gasteiger partial charge < -0.3 is 19.5 Å². The number of aryl methyl sites for hydroxylation is 2. The van der Waals surface area contributed by atoms with Crippen molar-refractivity contribution >= 4 is 40.5 Å². The SMILES string of the molecule is CCC1CN(c2ccc(C)nn2)CCC1N(C)c1nc(Nc2ccn3cc(C)nc3c2)ncc1Cl. The number of anilines is 4. The predicted octanol–water partition coefficient (Wildman–Crippen LogP) is 4.67. The van der Waals surface area contributed by atoms with Crippen LogP contribution in [0.2, 0.25) is 5.02 Å². The quantitative estimate of drug-likeness (QED) is 0.416. The Morgan fingerprint density at radius 3 is 2.77 bits per heavy atom. The van der Waals surface area contributed by atoms with E-state index in [1.165, 1.54) is 0 Å². The molecule has 4 aromatic rings. The molecule has 9 nitrogen and oxygen atoms in total. The second-order valence-corrected chi connectivity index (χ2v) is 9.57. The fourth-order valence-corrected chi connectivity index (χ4v) is 5.06. The number of halogens is 1. The first-order valence-corrected chi connectivity index (χ1v) is 12.3. The highest BCUT2D eigenvalue weighted by molar-refractivity contribution is 6.32. The number of nitrogens with zero attached hydrogens (tertiary/aromatic N) is 8. The first-order chi connectivity index (χ1) is 16.9. The molecule has 0 bridgehead atoms. The summed E-state index contributed by atoms with van der Waals surface area (Å²) in [4.78, 5) is 18.3. The van der Waals surface area contributed by atoms with Gasteiger partial charge in [-0.05, 0) is 50.8 Å². The van der Waals surface area contributed by atoms with Crippen LogP contribution in [0.15, 0.2) is 42.9 Å². The minimum absolute atomic E-state index is 0.305. The smallest absolute Gasteiger partial charge is 0.229 e. The minimum atomic E-state index is 0.305. The predicted molar refractivity (Wildman–Crippen MR) is 140 cm³/mol. The Kier molecular flexibility index (Phi) is 6.42. The molecule has 0 saturated carbocycles. The fourth-order valence-electron chi connectivity index (χ4n) is 4.84. The lowest BCUT2D eigenvalue weighted by Crippen LogP contribution is -2.50. The maximum Gasteiger partial charge on any atom is 0.229 e. The van der Waals surface area contributed by atoms with Crippen LogP contribution in [0.25, 0.3) is 5.65 Å². The minimum Gasteiger partial charge on any atom is -0.355 e. The van der Waals surface area contributed by atoms with Crippen molar-refractivity contribution in [1.29, 1.82) is 0 Å². The number of piperidine rings is 1. The molecule has 0 spiro atoms. The van der Waals surface area contributed by atoms with E-state index in [9.17, 15) is 0 Å². The molecule has 1 fully saturated rings. The van der Waals surface area contributed by atoms with Gasteiger partial charge in [0.1, 0.15) is 10.7 Å². The Balaban J connectivity index is 1.34. The van der Waals surface area contributed by atoms with Crippen LogP contribution in [-0.2, 0) is 0 Å². The van der Waals surface area contributed by atoms with Gasteiger partial charge in [-0.2, -0.15) is 10.1 Å². The van der Waals surface area contributed by atoms with E-state index in [0.717, 1.165) is 60.3 Å². The first kappa shape index (κ1) is 23.3. The Labute approximate surface area is 210 Å². The van der Waals surface area contributed by atoms with E-state index in [1.807, 2.05) is 48.8 Å². The molecule has 5 rings (SSSR count). The molecular formula is C25H30ClN9. The highest BCUT2D eigenvalue weighted by Crippen LogP contribution is 2.32. The van der Waals surface area contributed by atoms with Gasteiger partial charge >= 0.3 is 0 Å². The Morgan fingerprint density at radius 2 is 2.00 bits per heavy atom. The largest absolute Gasteiger partial charge is 0.355 e. The van der Waals surface area contributed by atoms with E-state index >= 15 is 0 Å². The number of nitrogens with one attached hydrogen (secondary N) is 1. The summed E-state index contributed by atoms with van der Waals surface area (Å²) in [7, 11) is 2.08. The summed E-state index contributed by atoms with van der Waals surface area (Å²) in [5.41, 5.74) is 3.64. The molecule has 1 aliphatic heterocycles. The number of imidazole rings is 1. The van der Waals surface area contributed by atoms with Gasteiger partial charge in [0.15, 0.2) is 11.6 Å². The van der Waals surface area contributed by atoms with Crippen LogP contribution < -0.4 is 15.1 Å². The molecule has 4 aromatic heterocycles. The standard InChI is InChI=1S/C25H30ClN9/c1-5-18-15-35(22-7-6-16(2)31-32-22)11-9-21(18)33(4)24-20(26)13-27-25(30-24)29-19-8-10-34-14-17(3)28-23(34)12-19/h6-8,10,12-14,18,21H,5,9,11,15H2,1-4H3,(H,27,29,30). The summed E-state index contributed by atoms with van der Waals surface area (Å²) in [5.74, 6) is 2.61. The summed E-state index contributed by atoms with van der Waals surface area (Å²) < 4.78 is 1.99. The molecular weight excluding hydrogens is 462 g/mol. The average Bonchev–Trinajstić information content (AvgIpc) is 3.24. The maximum absolute atomic E-state index is 6.59. The van der Waals surface area contributed by atoms with Crippen LogP contribution in [0, 0.1) is 19.8 Å². The van der Waals surface area contributed by atoms with E-state index in [2.05, 4.69) is 55.3 Å². The third-order valence-electron chi connectivity index (χ3n) is 6.72. The van der Waals surface area contributed by atoms with Crippen LogP contribution in [0.5, 0.6) is 0 Å². The molecule has 5 heterocycles. The van der Waals surface area contributed by atoms with Gasteiger partial charge in [0.2, 0.25) is 5.95 Å². The van der Waals surface area contributed by atoms with Gasteiger partial charge in [-0.3, -0.25) is 0 Å². The highest BCUT2D eigenvalue weighted by Gasteiger charge is 2.33. The van der Waals surface area contributed by atoms with Crippen LogP contribution in [0.3, 0.4) is 0 Å². The van der Waals surface area contributed by atoms with Gasteiger partial charge in [-0.25, -0.2) is 9.97 Å². The lowest BCUT2D eigenvalue weighted by molar-refractivity contribution is 0.335. The van der Waals surface area contributed by atoms with Crippen LogP contribution in [-0.4, -0.2) is 55.7 Å². The van der Waals surface area contributed by atoms with Crippen molar-refractivity contribution in [2.75, 3.05) is 35.3 Å². The van der Waals surface area contributed by atoms with Crippen LogP contribution in [0.4, 0.5) is 23.3 Å². The summed E-state index contributed by atoms with van der Waals surface area (Å²) in [6, 6.07) is 8.33. The van der Waals surface area contributed by atoms with Gasteiger partial charge in [0, 0.05) is 50.3 Å². The zero-order valence-corrected chi connectivity index (χ0v) is 21.2. The van der Waals surface area contributed by atoms with E-state index in [1.54, 1.807) is 6.20 Å². The normalized spacial score (nSPS) is 18.1. The van der Waals surface area contributed by atoms with Crippen LogP contribution >= 0.6 is 11.6 Å². The molecule has 182 valence electrons. The van der Waals surface area contributed by atoms with E-state index in [4.69, 9.17) is 16.6 Å². The fraction of sp³-hybridized carbons (Fsp3) is 0.400. The molecule has 2 unspecified atom stereocenters. The number of rotatable bonds is 6. The van der Waals surface area contributed by atoms with Crippen molar-refractivity contribution in [3.63, 3.8) is 0 Å². The zero-order valence-electron chi connectivity index (χ0n) is 20.5. The lowest BCUT2D eigenvalue weighted by Gasteiger charge is -2.43. The molecule has 10 heteroatoms. The Hall–Kier alpha value is -3.46. The topological polar surface area (TPSA) is 87.4 Å². The monoisotopic (exact) mass is 491 g/mol. The lowest BCUT2D eigenvalue weighted by atomic mass is 9.89. The van der Waals surface area contributed by atoms with Crippen molar-refractivity contribution in [3.05, 3.63) is 59.3 Å². The molecule has 35 heavy (non-hydrogen) atoms. The average molecular weight is 492 g/mol. The van der Waals surface area contributed by atoms with Gasteiger partial charge in [-0.1, -0.05) is 18.5 Å². The summed E-state index contributed by atoms with van der Waals surface area (Å²) in [6.07, 6.45) is 7.65. The third kappa shape index (κ3) is 4.86. The van der Waals surface area contributed by atoms with Crippen molar-refractivity contribution < 1.29 is 0 Å². The number of hydrogen-bond donors (Lipinski definition) is 1. The Bertz CT molecular complexity index is 1320. The zero-order chi connectivity index (χ0) is 24.5. The van der Waals surface area contributed by atoms with Crippen molar-refractivity contribution in [1.82, 2.24) is 29.5 Å². The van der Waals surface area contributed by atoms with Crippen molar-refractivity contribution in [2.45, 2.75) is 39.7 Å². The van der Waals surface area contributed by atoms with E-state index < -0.39 is 0 Å². The van der Waals surface area contributed by atoms with Crippen molar-refractivity contribution in [2.24, 2.45) is 5.92 Å². The van der Waals surface area contributed by atoms with Crippen LogP contribution in [0.1, 0.15) is 31.2 Å². The molecule has 1 saturated heterocycles. The van der Waals surface area contributed by atoms with E-state index in [-0.39, 0.29) is 0 Å². The number of aromatic nitrogens is 6. The molecule has 0 radical (unpaired) electrons. The highest BCUT2D eigenvalue weighted by atomic mass is 35.5. The molecule has 0 aliphatic carbocycles. The molecule has 1 aliphatic rings. The van der Waals surface area contributed by atoms with E-state index in [0.29, 0.717) is 22.9 Å². The number of pyridine rings is 1.